The van der Waals surface area contributed by atoms with Crippen molar-refractivity contribution >= 4 is 15.9 Å². The quantitative estimate of drug-likeness (QED) is 0.816. The third kappa shape index (κ3) is 3.22. The van der Waals surface area contributed by atoms with E-state index < -0.39 is 0 Å². The maximum atomic E-state index is 5.47. The molecule has 1 heterocycles. The van der Waals surface area contributed by atoms with Gasteiger partial charge in [0, 0.05) is 12.5 Å². The molecule has 0 amide bonds. The Morgan fingerprint density at radius 2 is 1.71 bits per heavy atom. The molecule has 128 valence electrons. The van der Waals surface area contributed by atoms with Gasteiger partial charge in [0.05, 0.1) is 31.8 Å². The van der Waals surface area contributed by atoms with Crippen LogP contribution in [-0.2, 0) is 0 Å². The van der Waals surface area contributed by atoms with Crippen molar-refractivity contribution in [1.82, 2.24) is 10.9 Å². The minimum Gasteiger partial charge on any atom is -0.497 e. The first-order valence-electron chi connectivity index (χ1n) is 7.71. The van der Waals surface area contributed by atoms with Gasteiger partial charge in [-0.2, -0.15) is 0 Å². The first kappa shape index (κ1) is 17.1. The molecule has 0 saturated carbocycles. The van der Waals surface area contributed by atoms with Crippen LogP contribution in [0.1, 0.15) is 23.1 Å². The van der Waals surface area contributed by atoms with E-state index in [1.807, 2.05) is 18.2 Å². The maximum Gasteiger partial charge on any atom is 0.174 e. The molecular weight excluding hydrogens is 372 g/mol. The smallest absolute Gasteiger partial charge is 0.174 e. The average molecular weight is 393 g/mol. The third-order valence-corrected chi connectivity index (χ3v) is 4.93. The van der Waals surface area contributed by atoms with Gasteiger partial charge in [-0.05, 0) is 51.3 Å². The van der Waals surface area contributed by atoms with Crippen LogP contribution in [0.4, 0.5) is 0 Å². The van der Waals surface area contributed by atoms with Crippen molar-refractivity contribution in [3.05, 3.63) is 52.0 Å². The van der Waals surface area contributed by atoms with Crippen molar-refractivity contribution < 1.29 is 14.2 Å². The van der Waals surface area contributed by atoms with Crippen molar-refractivity contribution in [1.29, 1.82) is 0 Å². The summed E-state index contributed by atoms with van der Waals surface area (Å²) in [7, 11) is 4.96. The van der Waals surface area contributed by atoms with Gasteiger partial charge in [0.2, 0.25) is 0 Å². The number of rotatable bonds is 5. The zero-order chi connectivity index (χ0) is 17.1. The normalized spacial score (nSPS) is 20.0. The fraction of sp³-hybridized carbons (Fsp3) is 0.333. The van der Waals surface area contributed by atoms with Gasteiger partial charge in [-0.25, -0.2) is 5.43 Å². The molecule has 1 saturated heterocycles. The second-order valence-electron chi connectivity index (χ2n) is 5.62. The van der Waals surface area contributed by atoms with Crippen LogP contribution >= 0.6 is 15.9 Å². The highest BCUT2D eigenvalue weighted by atomic mass is 79.9. The number of hydrogen-bond acceptors (Lipinski definition) is 5. The predicted octanol–water partition coefficient (Wildman–Crippen LogP) is 3.41. The van der Waals surface area contributed by atoms with E-state index in [1.165, 1.54) is 5.56 Å². The van der Waals surface area contributed by atoms with Gasteiger partial charge in [0.15, 0.2) is 11.5 Å². The van der Waals surface area contributed by atoms with Crippen molar-refractivity contribution in [2.75, 3.05) is 27.9 Å². The fourth-order valence-corrected chi connectivity index (χ4v) is 3.71. The highest BCUT2D eigenvalue weighted by Gasteiger charge is 2.30. The molecule has 0 aromatic heterocycles. The molecule has 1 aliphatic rings. The monoisotopic (exact) mass is 392 g/mol. The van der Waals surface area contributed by atoms with E-state index in [0.717, 1.165) is 22.3 Å². The molecule has 0 bridgehead atoms. The Hall–Kier alpha value is -1.76. The molecule has 24 heavy (non-hydrogen) atoms. The van der Waals surface area contributed by atoms with Gasteiger partial charge in [-0.15, -0.1) is 0 Å². The average Bonchev–Trinajstić information content (AvgIpc) is 3.10. The summed E-state index contributed by atoms with van der Waals surface area (Å²) in [6.45, 7) is 0.850. The molecule has 1 aliphatic heterocycles. The van der Waals surface area contributed by atoms with Crippen LogP contribution in [-0.4, -0.2) is 27.9 Å². The first-order valence-corrected chi connectivity index (χ1v) is 8.51. The highest BCUT2D eigenvalue weighted by Crippen LogP contribution is 2.41. The molecule has 2 atom stereocenters. The Morgan fingerprint density at radius 1 is 0.958 bits per heavy atom. The molecule has 0 radical (unpaired) electrons. The number of halogens is 1. The van der Waals surface area contributed by atoms with Gasteiger partial charge >= 0.3 is 0 Å². The standard InChI is InChI=1S/C18H21BrN2O3/c1-22-13-6-4-11(5-7-13)14-10-20-21-17(14)12-8-15(19)18(24-3)16(9-12)23-2/h4-9,14,17,20-21H,10H2,1-3H3. The Labute approximate surface area is 150 Å². The van der Waals surface area contributed by atoms with Gasteiger partial charge in [-0.3, -0.25) is 5.43 Å². The molecule has 2 unspecified atom stereocenters. The van der Waals surface area contributed by atoms with Crippen molar-refractivity contribution in [3.63, 3.8) is 0 Å². The third-order valence-electron chi connectivity index (χ3n) is 4.34. The summed E-state index contributed by atoms with van der Waals surface area (Å²) in [5.41, 5.74) is 9.02. The molecule has 6 heteroatoms. The number of nitrogens with one attached hydrogen (secondary N) is 2. The SMILES string of the molecule is COc1ccc(C2CNNC2c2cc(Br)c(OC)c(OC)c2)cc1. The topological polar surface area (TPSA) is 51.8 Å². The summed E-state index contributed by atoms with van der Waals surface area (Å²) in [5, 5.41) is 0. The zero-order valence-electron chi connectivity index (χ0n) is 13.9. The second-order valence-corrected chi connectivity index (χ2v) is 6.48. The Balaban J connectivity index is 1.94. The van der Waals surface area contributed by atoms with Crippen LogP contribution in [0.15, 0.2) is 40.9 Å². The molecule has 0 spiro atoms. The van der Waals surface area contributed by atoms with E-state index >= 15 is 0 Å². The van der Waals surface area contributed by atoms with E-state index in [4.69, 9.17) is 14.2 Å². The number of ether oxygens (including phenoxy) is 3. The van der Waals surface area contributed by atoms with E-state index in [9.17, 15) is 0 Å². The summed E-state index contributed by atoms with van der Waals surface area (Å²) in [4.78, 5) is 0. The van der Waals surface area contributed by atoms with Gasteiger partial charge in [0.25, 0.3) is 0 Å². The lowest BCUT2D eigenvalue weighted by Gasteiger charge is -2.21. The first-order chi connectivity index (χ1) is 11.7. The number of hydrazine groups is 1. The molecule has 3 rings (SSSR count). The van der Waals surface area contributed by atoms with Crippen LogP contribution in [0.25, 0.3) is 0 Å². The molecule has 2 aromatic carbocycles. The van der Waals surface area contributed by atoms with Gasteiger partial charge in [-0.1, -0.05) is 12.1 Å². The van der Waals surface area contributed by atoms with E-state index in [-0.39, 0.29) is 6.04 Å². The predicted molar refractivity (Wildman–Crippen MR) is 96.9 cm³/mol. The summed E-state index contributed by atoms with van der Waals surface area (Å²) >= 11 is 3.57. The number of benzene rings is 2. The Bertz CT molecular complexity index is 706. The van der Waals surface area contributed by atoms with Gasteiger partial charge < -0.3 is 14.2 Å². The molecule has 0 aliphatic carbocycles. The maximum absolute atomic E-state index is 5.47. The summed E-state index contributed by atoms with van der Waals surface area (Å²) < 4.78 is 17.0. The minimum atomic E-state index is 0.134. The van der Waals surface area contributed by atoms with Crippen molar-refractivity contribution in [2.45, 2.75) is 12.0 Å². The van der Waals surface area contributed by atoms with E-state index in [0.29, 0.717) is 17.4 Å². The minimum absolute atomic E-state index is 0.134. The van der Waals surface area contributed by atoms with Crippen LogP contribution in [0.3, 0.4) is 0 Å². The lowest BCUT2D eigenvalue weighted by atomic mass is 9.88. The Morgan fingerprint density at radius 3 is 2.33 bits per heavy atom. The van der Waals surface area contributed by atoms with Crippen molar-refractivity contribution in [2.24, 2.45) is 0 Å². The van der Waals surface area contributed by atoms with Crippen LogP contribution in [0.5, 0.6) is 17.2 Å². The van der Waals surface area contributed by atoms with Crippen LogP contribution < -0.4 is 25.1 Å². The van der Waals surface area contributed by atoms with E-state index in [2.05, 4.69) is 45.0 Å². The van der Waals surface area contributed by atoms with E-state index in [1.54, 1.807) is 21.3 Å². The molecular formula is C18H21BrN2O3. The van der Waals surface area contributed by atoms with Gasteiger partial charge in [0.1, 0.15) is 5.75 Å². The molecule has 5 nitrogen and oxygen atoms in total. The zero-order valence-corrected chi connectivity index (χ0v) is 15.5. The molecule has 2 aromatic rings. The fourth-order valence-electron chi connectivity index (χ4n) is 3.09. The lowest BCUT2D eigenvalue weighted by Crippen LogP contribution is -2.25. The lowest BCUT2D eigenvalue weighted by molar-refractivity contribution is 0.352. The Kier molecular flexibility index (Phi) is 5.28. The second kappa shape index (κ2) is 7.42. The summed E-state index contributed by atoms with van der Waals surface area (Å²) in [6.07, 6.45) is 0. The highest BCUT2D eigenvalue weighted by molar-refractivity contribution is 9.10. The van der Waals surface area contributed by atoms with Crippen LogP contribution in [0.2, 0.25) is 0 Å². The summed E-state index contributed by atoms with van der Waals surface area (Å²) in [6, 6.07) is 12.4. The molecule has 2 N–H and O–H groups in total. The summed E-state index contributed by atoms with van der Waals surface area (Å²) in [5.74, 6) is 2.58. The molecule has 1 fully saturated rings. The van der Waals surface area contributed by atoms with Crippen LogP contribution in [0, 0.1) is 0 Å². The number of methoxy groups -OCH3 is 3. The largest absolute Gasteiger partial charge is 0.497 e. The van der Waals surface area contributed by atoms with Crippen molar-refractivity contribution in [3.8, 4) is 17.2 Å². The number of hydrogen-bond donors (Lipinski definition) is 2.